The van der Waals surface area contributed by atoms with Crippen molar-refractivity contribution in [2.24, 2.45) is 0 Å². The fraction of sp³-hybridized carbons (Fsp3) is 0.939. The Morgan fingerprint density at radius 2 is 0.471 bits per heavy atom. The van der Waals surface area contributed by atoms with Crippen molar-refractivity contribution in [2.45, 2.75) is 361 Å². The van der Waals surface area contributed by atoms with Crippen LogP contribution in [-0.2, 0) is 65.4 Å². The minimum atomic E-state index is -4.94. The SMILES string of the molecule is CCCCCCCCCCCCCCCCC(=O)O[C@H](COC(=O)CCCCCCCCCCCCCCC)COP(=O)(O)OC[C@@H](O)COP(=O)(O)OC[C@@H](COC(=O)CCCCCCCCC)OC(=O)CCCCCCCCCCCCC. The lowest BCUT2D eigenvalue weighted by molar-refractivity contribution is -0.161. The van der Waals surface area contributed by atoms with Crippen LogP contribution in [0.25, 0.3) is 0 Å². The van der Waals surface area contributed by atoms with Gasteiger partial charge in [0.25, 0.3) is 0 Å². The number of aliphatic hydroxyl groups excluding tert-OH is 1. The van der Waals surface area contributed by atoms with E-state index in [0.29, 0.717) is 25.7 Å². The van der Waals surface area contributed by atoms with Crippen LogP contribution in [0.3, 0.4) is 0 Å². The molecule has 0 aromatic heterocycles. The molecule has 0 saturated heterocycles. The van der Waals surface area contributed by atoms with Crippen molar-refractivity contribution >= 4 is 39.5 Å². The van der Waals surface area contributed by atoms with Crippen molar-refractivity contribution in [1.29, 1.82) is 0 Å². The molecule has 0 heterocycles. The average Bonchev–Trinajstić information content (AvgIpc) is 3.52. The lowest BCUT2D eigenvalue weighted by atomic mass is 10.0. The van der Waals surface area contributed by atoms with Gasteiger partial charge in [-0.2, -0.15) is 0 Å². The van der Waals surface area contributed by atoms with E-state index >= 15 is 0 Å². The molecule has 0 aromatic carbocycles. The van der Waals surface area contributed by atoms with E-state index in [0.717, 1.165) is 103 Å². The molecule has 0 radical (unpaired) electrons. The molecular formula is C66H128O17P2. The molecule has 0 bridgehead atoms. The van der Waals surface area contributed by atoms with Gasteiger partial charge in [0, 0.05) is 25.7 Å². The number of carbonyl (C=O) groups excluding carboxylic acids is 4. The molecule has 0 spiro atoms. The summed E-state index contributed by atoms with van der Waals surface area (Å²) in [4.78, 5) is 72.2. The van der Waals surface area contributed by atoms with Crippen LogP contribution in [-0.4, -0.2) is 96.7 Å². The highest BCUT2D eigenvalue weighted by atomic mass is 31.2. The molecule has 85 heavy (non-hydrogen) atoms. The smallest absolute Gasteiger partial charge is 0.462 e. The Balaban J connectivity index is 5.21. The van der Waals surface area contributed by atoms with Crippen LogP contribution < -0.4 is 0 Å². The number of ether oxygens (including phenoxy) is 4. The summed E-state index contributed by atoms with van der Waals surface area (Å²) in [6.45, 7) is 4.88. The van der Waals surface area contributed by atoms with E-state index in [4.69, 9.17) is 37.0 Å². The van der Waals surface area contributed by atoms with Crippen LogP contribution in [0.15, 0.2) is 0 Å². The molecule has 0 rings (SSSR count). The Bertz CT molecular complexity index is 1640. The lowest BCUT2D eigenvalue weighted by Gasteiger charge is -2.21. The van der Waals surface area contributed by atoms with Crippen LogP contribution in [0.4, 0.5) is 0 Å². The Morgan fingerprint density at radius 3 is 0.694 bits per heavy atom. The Labute approximate surface area is 517 Å². The molecule has 19 heteroatoms. The molecule has 0 aliphatic rings. The number of hydrogen-bond acceptors (Lipinski definition) is 15. The van der Waals surface area contributed by atoms with E-state index in [2.05, 4.69) is 27.7 Å². The van der Waals surface area contributed by atoms with E-state index in [9.17, 15) is 43.2 Å². The molecule has 504 valence electrons. The van der Waals surface area contributed by atoms with Gasteiger partial charge < -0.3 is 33.8 Å². The minimum Gasteiger partial charge on any atom is -0.462 e. The second-order valence-corrected chi connectivity index (χ2v) is 26.8. The van der Waals surface area contributed by atoms with Gasteiger partial charge in [0.1, 0.15) is 19.3 Å². The van der Waals surface area contributed by atoms with Crippen molar-refractivity contribution < 1.29 is 80.2 Å². The van der Waals surface area contributed by atoms with Gasteiger partial charge in [0.2, 0.25) is 0 Å². The van der Waals surface area contributed by atoms with Crippen LogP contribution in [0.1, 0.15) is 342 Å². The normalized spacial score (nSPS) is 14.1. The third-order valence-corrected chi connectivity index (χ3v) is 17.3. The highest BCUT2D eigenvalue weighted by Crippen LogP contribution is 2.45. The van der Waals surface area contributed by atoms with Crippen molar-refractivity contribution in [2.75, 3.05) is 39.6 Å². The van der Waals surface area contributed by atoms with Crippen molar-refractivity contribution in [3.05, 3.63) is 0 Å². The molecule has 2 unspecified atom stereocenters. The predicted molar refractivity (Wildman–Crippen MR) is 340 cm³/mol. The van der Waals surface area contributed by atoms with E-state index in [-0.39, 0.29) is 25.7 Å². The standard InChI is InChI=1S/C66H128O17P2/c1-5-9-13-17-21-24-27-29-31-34-37-41-45-49-53-66(71)83-62(57-77-64(69)51-47-43-39-35-33-30-28-25-22-18-14-10-6-2)59-81-85(74,75)79-55-60(67)54-78-84(72,73)80-58-61(56-76-63(68)50-46-42-38-20-16-12-8-4)82-65(70)52-48-44-40-36-32-26-23-19-15-11-7-3/h60-62,67H,5-59H2,1-4H3,(H,72,73)(H,74,75)/t60-,61+,62+/m0/s1. The maximum absolute atomic E-state index is 13.0. The average molecular weight is 1260 g/mol. The van der Waals surface area contributed by atoms with E-state index in [1.807, 2.05) is 0 Å². The fourth-order valence-electron chi connectivity index (χ4n) is 9.99. The number of unbranched alkanes of at least 4 members (excludes halogenated alkanes) is 41. The minimum absolute atomic E-state index is 0.107. The molecule has 0 fully saturated rings. The first-order valence-corrected chi connectivity index (χ1v) is 37.8. The number of hydrogen-bond donors (Lipinski definition) is 3. The maximum atomic E-state index is 13.0. The summed E-state index contributed by atoms with van der Waals surface area (Å²) in [6.07, 6.45) is 47.1. The van der Waals surface area contributed by atoms with Crippen LogP contribution in [0.2, 0.25) is 0 Å². The first kappa shape index (κ1) is 83.1. The Morgan fingerprint density at radius 1 is 0.282 bits per heavy atom. The van der Waals surface area contributed by atoms with Gasteiger partial charge in [-0.3, -0.25) is 37.3 Å². The molecule has 0 amide bonds. The zero-order chi connectivity index (χ0) is 62.6. The van der Waals surface area contributed by atoms with E-state index in [1.165, 1.54) is 161 Å². The molecule has 0 aliphatic heterocycles. The number of rotatable bonds is 67. The molecule has 0 saturated carbocycles. The van der Waals surface area contributed by atoms with Gasteiger partial charge in [0.15, 0.2) is 12.2 Å². The van der Waals surface area contributed by atoms with Gasteiger partial charge in [-0.05, 0) is 25.7 Å². The summed E-state index contributed by atoms with van der Waals surface area (Å²) in [5, 5.41) is 10.5. The quantitative estimate of drug-likeness (QED) is 0.0222. The fourth-order valence-corrected chi connectivity index (χ4v) is 11.6. The molecule has 0 aromatic rings. The zero-order valence-electron chi connectivity index (χ0n) is 54.6. The summed E-state index contributed by atoms with van der Waals surface area (Å²) in [5.74, 6) is -2.13. The largest absolute Gasteiger partial charge is 0.472 e. The van der Waals surface area contributed by atoms with Crippen LogP contribution >= 0.6 is 15.6 Å². The van der Waals surface area contributed by atoms with Crippen molar-refractivity contribution in [3.8, 4) is 0 Å². The van der Waals surface area contributed by atoms with E-state index in [1.54, 1.807) is 0 Å². The second-order valence-electron chi connectivity index (χ2n) is 23.9. The molecule has 5 atom stereocenters. The number of carbonyl (C=O) groups is 4. The molecule has 0 aliphatic carbocycles. The lowest BCUT2D eigenvalue weighted by Crippen LogP contribution is -2.30. The third-order valence-electron chi connectivity index (χ3n) is 15.4. The summed E-state index contributed by atoms with van der Waals surface area (Å²) in [7, 11) is -9.88. The number of phosphoric acid groups is 2. The van der Waals surface area contributed by atoms with Gasteiger partial charge >= 0.3 is 39.5 Å². The van der Waals surface area contributed by atoms with Gasteiger partial charge in [-0.1, -0.05) is 291 Å². The first-order chi connectivity index (χ1) is 41.2. The van der Waals surface area contributed by atoms with Crippen molar-refractivity contribution in [1.82, 2.24) is 0 Å². The van der Waals surface area contributed by atoms with Crippen LogP contribution in [0.5, 0.6) is 0 Å². The van der Waals surface area contributed by atoms with Gasteiger partial charge in [-0.25, -0.2) is 9.13 Å². The van der Waals surface area contributed by atoms with E-state index < -0.39 is 97.5 Å². The Kier molecular flexibility index (Phi) is 59.6. The first-order valence-electron chi connectivity index (χ1n) is 34.8. The topological polar surface area (TPSA) is 237 Å². The highest BCUT2D eigenvalue weighted by molar-refractivity contribution is 7.47. The summed E-state index contributed by atoms with van der Waals surface area (Å²) in [5.41, 5.74) is 0. The second kappa shape index (κ2) is 60.9. The number of esters is 4. The molecule has 3 N–H and O–H groups in total. The summed E-state index contributed by atoms with van der Waals surface area (Å²) in [6, 6.07) is 0. The maximum Gasteiger partial charge on any atom is 0.472 e. The molecule has 17 nitrogen and oxygen atoms in total. The molecular weight excluding hydrogens is 1130 g/mol. The number of phosphoric ester groups is 2. The Hall–Kier alpha value is -1.94. The summed E-state index contributed by atoms with van der Waals surface area (Å²) >= 11 is 0. The van der Waals surface area contributed by atoms with Crippen LogP contribution in [0, 0.1) is 0 Å². The van der Waals surface area contributed by atoms with Gasteiger partial charge in [0.05, 0.1) is 26.4 Å². The summed E-state index contributed by atoms with van der Waals surface area (Å²) < 4.78 is 68.0. The van der Waals surface area contributed by atoms with Crippen molar-refractivity contribution in [3.63, 3.8) is 0 Å². The third kappa shape index (κ3) is 60.7. The monoisotopic (exact) mass is 1250 g/mol. The predicted octanol–water partition coefficient (Wildman–Crippen LogP) is 18.7. The zero-order valence-corrected chi connectivity index (χ0v) is 56.4. The van der Waals surface area contributed by atoms with Gasteiger partial charge in [-0.15, -0.1) is 0 Å². The highest BCUT2D eigenvalue weighted by Gasteiger charge is 2.30. The number of aliphatic hydroxyl groups is 1.